The molecule has 25 heavy (non-hydrogen) atoms. The monoisotopic (exact) mass is 370 g/mol. The number of likely N-dealkylation sites (tertiary alicyclic amines) is 1. The molecule has 6 heteroatoms. The summed E-state index contributed by atoms with van der Waals surface area (Å²) in [5.74, 6) is 0.104. The molecule has 1 aliphatic heterocycles. The van der Waals surface area contributed by atoms with Crippen LogP contribution in [0.4, 0.5) is 5.69 Å². The summed E-state index contributed by atoms with van der Waals surface area (Å²) in [7, 11) is 0. The average molecular weight is 370 g/mol. The Morgan fingerprint density at radius 3 is 2.72 bits per heavy atom. The van der Waals surface area contributed by atoms with Gasteiger partial charge in [0.25, 0.3) is 5.91 Å². The van der Waals surface area contributed by atoms with Crippen molar-refractivity contribution in [2.75, 3.05) is 18.4 Å². The Hall–Kier alpha value is -2.18. The summed E-state index contributed by atoms with van der Waals surface area (Å²) in [6.07, 6.45) is 2.58. The fourth-order valence-electron chi connectivity index (χ4n) is 3.08. The molecule has 0 aliphatic carbocycles. The van der Waals surface area contributed by atoms with Crippen molar-refractivity contribution in [3.05, 3.63) is 51.5 Å². The molecule has 1 aromatic carbocycles. The molecule has 128 valence electrons. The van der Waals surface area contributed by atoms with Crippen molar-refractivity contribution in [2.24, 2.45) is 0 Å². The number of amides is 2. The van der Waals surface area contributed by atoms with E-state index in [1.54, 1.807) is 11.3 Å². The molecule has 0 atom stereocenters. The zero-order valence-corrected chi connectivity index (χ0v) is 15.3. The van der Waals surface area contributed by atoms with E-state index in [2.05, 4.69) is 5.32 Å². The Labute approximate surface area is 154 Å². The van der Waals surface area contributed by atoms with Gasteiger partial charge in [-0.25, -0.2) is 0 Å². The average Bonchev–Trinajstić information content (AvgIpc) is 3.35. The van der Waals surface area contributed by atoms with Crippen LogP contribution in [0.5, 0.6) is 0 Å². The maximum Gasteiger partial charge on any atom is 0.263 e. The van der Waals surface area contributed by atoms with Gasteiger partial charge in [0.15, 0.2) is 0 Å². The van der Waals surface area contributed by atoms with Gasteiger partial charge < -0.3 is 10.2 Å². The third-order valence-corrected chi connectivity index (χ3v) is 6.30. The SMILES string of the molecule is O=C(Cc1cccs1)Nc1ccc2sc(C(=O)N3CCCC3)cc2c1. The van der Waals surface area contributed by atoms with E-state index in [4.69, 9.17) is 0 Å². The minimum absolute atomic E-state index is 0.0228. The normalized spacial score (nSPS) is 14.2. The van der Waals surface area contributed by atoms with Crippen LogP contribution < -0.4 is 5.32 Å². The molecule has 1 N–H and O–H groups in total. The Morgan fingerprint density at radius 2 is 1.96 bits per heavy atom. The molecule has 0 bridgehead atoms. The molecular formula is C19H18N2O2S2. The number of benzene rings is 1. The molecule has 2 aromatic heterocycles. The topological polar surface area (TPSA) is 49.4 Å². The number of hydrogen-bond donors (Lipinski definition) is 1. The van der Waals surface area contributed by atoms with E-state index in [1.807, 2.05) is 46.7 Å². The molecule has 0 unspecified atom stereocenters. The Bertz CT molecular complexity index is 909. The molecule has 1 aliphatic rings. The molecular weight excluding hydrogens is 352 g/mol. The second kappa shape index (κ2) is 6.98. The molecule has 3 aromatic rings. The standard InChI is InChI=1S/C19H18N2O2S2/c22-18(12-15-4-3-9-24-15)20-14-5-6-16-13(10-14)11-17(25-16)19(23)21-7-1-2-8-21/h3-6,9-11H,1-2,7-8,12H2,(H,20,22). The first-order chi connectivity index (χ1) is 12.2. The first-order valence-corrected chi connectivity index (χ1v) is 10.0. The van der Waals surface area contributed by atoms with E-state index >= 15 is 0 Å². The lowest BCUT2D eigenvalue weighted by molar-refractivity contribution is -0.115. The summed E-state index contributed by atoms with van der Waals surface area (Å²) in [5, 5.41) is 5.92. The first-order valence-electron chi connectivity index (χ1n) is 8.34. The van der Waals surface area contributed by atoms with Crippen LogP contribution >= 0.6 is 22.7 Å². The van der Waals surface area contributed by atoms with Crippen molar-refractivity contribution in [2.45, 2.75) is 19.3 Å². The summed E-state index contributed by atoms with van der Waals surface area (Å²) in [6, 6.07) is 11.7. The van der Waals surface area contributed by atoms with Crippen molar-refractivity contribution in [1.82, 2.24) is 4.90 Å². The van der Waals surface area contributed by atoms with E-state index in [0.717, 1.165) is 51.5 Å². The Balaban J connectivity index is 1.49. The smallest absolute Gasteiger partial charge is 0.263 e. The lowest BCUT2D eigenvalue weighted by Gasteiger charge is -2.13. The highest BCUT2D eigenvalue weighted by Crippen LogP contribution is 2.29. The molecule has 0 spiro atoms. The minimum Gasteiger partial charge on any atom is -0.338 e. The van der Waals surface area contributed by atoms with Crippen LogP contribution in [0.1, 0.15) is 27.4 Å². The van der Waals surface area contributed by atoms with Gasteiger partial charge in [0.2, 0.25) is 5.91 Å². The van der Waals surface area contributed by atoms with Crippen molar-refractivity contribution >= 4 is 50.3 Å². The second-order valence-corrected chi connectivity index (χ2v) is 8.28. The lowest BCUT2D eigenvalue weighted by atomic mass is 10.2. The predicted octanol–water partition coefficient (Wildman–Crippen LogP) is 4.38. The van der Waals surface area contributed by atoms with Crippen molar-refractivity contribution in [3.63, 3.8) is 0 Å². The minimum atomic E-state index is -0.0228. The summed E-state index contributed by atoms with van der Waals surface area (Å²) in [6.45, 7) is 1.72. The molecule has 4 rings (SSSR count). The number of nitrogens with one attached hydrogen (secondary N) is 1. The number of rotatable bonds is 4. The highest BCUT2D eigenvalue weighted by atomic mass is 32.1. The fraction of sp³-hybridized carbons (Fsp3) is 0.263. The van der Waals surface area contributed by atoms with Crippen LogP contribution in [0.2, 0.25) is 0 Å². The van der Waals surface area contributed by atoms with Gasteiger partial charge in [0, 0.05) is 28.4 Å². The lowest BCUT2D eigenvalue weighted by Crippen LogP contribution is -2.26. The molecule has 3 heterocycles. The van der Waals surface area contributed by atoms with Crippen LogP contribution in [0.3, 0.4) is 0 Å². The largest absolute Gasteiger partial charge is 0.338 e. The Morgan fingerprint density at radius 1 is 1.12 bits per heavy atom. The number of thiophene rings is 2. The number of hydrogen-bond acceptors (Lipinski definition) is 4. The molecule has 4 nitrogen and oxygen atoms in total. The van der Waals surface area contributed by atoms with Gasteiger partial charge >= 0.3 is 0 Å². The van der Waals surface area contributed by atoms with Gasteiger partial charge in [-0.15, -0.1) is 22.7 Å². The van der Waals surface area contributed by atoms with Crippen LogP contribution in [-0.2, 0) is 11.2 Å². The van der Waals surface area contributed by atoms with Gasteiger partial charge in [0.05, 0.1) is 11.3 Å². The molecule has 1 saturated heterocycles. The highest BCUT2D eigenvalue weighted by molar-refractivity contribution is 7.20. The molecule has 1 fully saturated rings. The van der Waals surface area contributed by atoms with Crippen LogP contribution in [0.25, 0.3) is 10.1 Å². The summed E-state index contributed by atoms with van der Waals surface area (Å²) < 4.78 is 1.07. The van der Waals surface area contributed by atoms with Crippen molar-refractivity contribution in [1.29, 1.82) is 0 Å². The predicted molar refractivity (Wildman–Crippen MR) is 104 cm³/mol. The zero-order valence-electron chi connectivity index (χ0n) is 13.7. The second-order valence-electron chi connectivity index (χ2n) is 6.17. The van der Waals surface area contributed by atoms with Crippen molar-refractivity contribution in [3.8, 4) is 0 Å². The number of anilines is 1. The third kappa shape index (κ3) is 3.60. The van der Waals surface area contributed by atoms with E-state index in [1.165, 1.54) is 11.3 Å². The van der Waals surface area contributed by atoms with E-state index in [0.29, 0.717) is 6.42 Å². The molecule has 2 amide bonds. The summed E-state index contributed by atoms with van der Waals surface area (Å²) in [4.78, 5) is 28.4. The van der Waals surface area contributed by atoms with Gasteiger partial charge in [-0.05, 0) is 53.9 Å². The van der Waals surface area contributed by atoms with Crippen LogP contribution in [0.15, 0.2) is 41.8 Å². The van der Waals surface area contributed by atoms with Gasteiger partial charge in [0.1, 0.15) is 0 Å². The maximum atomic E-state index is 12.5. The molecule has 0 radical (unpaired) electrons. The molecule has 0 saturated carbocycles. The number of carbonyl (C=O) groups excluding carboxylic acids is 2. The number of carbonyl (C=O) groups is 2. The van der Waals surface area contributed by atoms with E-state index in [-0.39, 0.29) is 11.8 Å². The Kier molecular flexibility index (Phi) is 4.55. The maximum absolute atomic E-state index is 12.5. The van der Waals surface area contributed by atoms with E-state index < -0.39 is 0 Å². The number of fused-ring (bicyclic) bond motifs is 1. The van der Waals surface area contributed by atoms with Gasteiger partial charge in [-0.1, -0.05) is 6.07 Å². The van der Waals surface area contributed by atoms with Gasteiger partial charge in [-0.2, -0.15) is 0 Å². The zero-order chi connectivity index (χ0) is 17.2. The number of nitrogens with zero attached hydrogens (tertiary/aromatic N) is 1. The van der Waals surface area contributed by atoms with E-state index in [9.17, 15) is 9.59 Å². The van der Waals surface area contributed by atoms with Gasteiger partial charge in [-0.3, -0.25) is 9.59 Å². The summed E-state index contributed by atoms with van der Waals surface area (Å²) >= 11 is 3.10. The van der Waals surface area contributed by atoms with Crippen LogP contribution in [0, 0.1) is 0 Å². The fourth-order valence-corrected chi connectivity index (χ4v) is 4.79. The quantitative estimate of drug-likeness (QED) is 0.741. The first kappa shape index (κ1) is 16.3. The van der Waals surface area contributed by atoms with Crippen LogP contribution in [-0.4, -0.2) is 29.8 Å². The highest BCUT2D eigenvalue weighted by Gasteiger charge is 2.21. The third-order valence-electron chi connectivity index (χ3n) is 4.32. The summed E-state index contributed by atoms with van der Waals surface area (Å²) in [5.41, 5.74) is 0.770. The van der Waals surface area contributed by atoms with Crippen molar-refractivity contribution < 1.29 is 9.59 Å².